The number of halogens is 1. The molecular formula is C11H13ClO5. The lowest BCUT2D eigenvalue weighted by atomic mass is 10.0. The van der Waals surface area contributed by atoms with Crippen LogP contribution in [-0.2, 0) is 16.1 Å². The molecule has 0 spiro atoms. The Morgan fingerprint density at radius 2 is 2.12 bits per heavy atom. The summed E-state index contributed by atoms with van der Waals surface area (Å²) in [5.41, 5.74) is 0.716. The summed E-state index contributed by atoms with van der Waals surface area (Å²) in [6.45, 7) is 0.160. The summed E-state index contributed by atoms with van der Waals surface area (Å²) in [6.07, 6.45) is -1.64. The number of carboxylic acids is 1. The summed E-state index contributed by atoms with van der Waals surface area (Å²) in [4.78, 5) is 10.8. The quantitative estimate of drug-likeness (QED) is 0.841. The van der Waals surface area contributed by atoms with Gasteiger partial charge in [-0.15, -0.1) is 0 Å². The van der Waals surface area contributed by atoms with E-state index in [1.54, 1.807) is 6.07 Å². The van der Waals surface area contributed by atoms with Gasteiger partial charge in [0.05, 0.1) is 18.7 Å². The Morgan fingerprint density at radius 1 is 1.47 bits per heavy atom. The third-order valence-corrected chi connectivity index (χ3v) is 2.54. The fraction of sp³-hybridized carbons (Fsp3) is 0.364. The van der Waals surface area contributed by atoms with Gasteiger partial charge >= 0.3 is 5.97 Å². The molecule has 0 aromatic heterocycles. The zero-order valence-corrected chi connectivity index (χ0v) is 10.2. The van der Waals surface area contributed by atoms with E-state index in [4.69, 9.17) is 26.2 Å². The standard InChI is InChI=1S/C11H13ClO5/c1-16-5-6-3-9(17-2)8(12)4-7(6)10(13)11(14)15/h3-4,10,13H,5H2,1-2H3,(H,14,15). The Bertz CT molecular complexity index is 419. The average molecular weight is 261 g/mol. The van der Waals surface area contributed by atoms with Gasteiger partial charge in [-0.3, -0.25) is 0 Å². The predicted molar refractivity (Wildman–Crippen MR) is 61.3 cm³/mol. The van der Waals surface area contributed by atoms with Gasteiger partial charge in [0.25, 0.3) is 0 Å². The lowest BCUT2D eigenvalue weighted by Gasteiger charge is -2.14. The molecule has 0 aliphatic rings. The van der Waals surface area contributed by atoms with E-state index < -0.39 is 12.1 Å². The smallest absolute Gasteiger partial charge is 0.337 e. The number of methoxy groups -OCH3 is 2. The van der Waals surface area contributed by atoms with E-state index in [-0.39, 0.29) is 17.2 Å². The minimum Gasteiger partial charge on any atom is -0.495 e. The van der Waals surface area contributed by atoms with Crippen molar-refractivity contribution in [3.8, 4) is 5.75 Å². The number of ether oxygens (including phenoxy) is 2. The molecule has 0 radical (unpaired) electrons. The van der Waals surface area contributed by atoms with Crippen LogP contribution in [0.5, 0.6) is 5.75 Å². The van der Waals surface area contributed by atoms with E-state index in [1.165, 1.54) is 20.3 Å². The number of benzene rings is 1. The molecule has 0 fully saturated rings. The Kier molecular flexibility index (Phi) is 4.74. The van der Waals surface area contributed by atoms with Crippen LogP contribution in [0.3, 0.4) is 0 Å². The van der Waals surface area contributed by atoms with E-state index in [9.17, 15) is 9.90 Å². The molecule has 94 valence electrons. The fourth-order valence-corrected chi connectivity index (χ4v) is 1.68. The molecule has 0 aliphatic heterocycles. The van der Waals surface area contributed by atoms with E-state index in [0.29, 0.717) is 11.3 Å². The second kappa shape index (κ2) is 5.86. The van der Waals surface area contributed by atoms with Crippen LogP contribution in [0.1, 0.15) is 17.2 Å². The third-order valence-electron chi connectivity index (χ3n) is 2.24. The topological polar surface area (TPSA) is 76.0 Å². The molecule has 0 saturated carbocycles. The molecule has 0 saturated heterocycles. The van der Waals surface area contributed by atoms with E-state index in [1.807, 2.05) is 0 Å². The summed E-state index contributed by atoms with van der Waals surface area (Å²) in [7, 11) is 2.92. The molecule has 5 nitrogen and oxygen atoms in total. The van der Waals surface area contributed by atoms with Crippen molar-refractivity contribution < 1.29 is 24.5 Å². The number of hydrogen-bond acceptors (Lipinski definition) is 4. The van der Waals surface area contributed by atoms with Crippen molar-refractivity contribution in [2.45, 2.75) is 12.7 Å². The van der Waals surface area contributed by atoms with Crippen molar-refractivity contribution in [2.75, 3.05) is 14.2 Å². The molecule has 0 amide bonds. The molecule has 17 heavy (non-hydrogen) atoms. The van der Waals surface area contributed by atoms with Gasteiger partial charge in [-0.1, -0.05) is 11.6 Å². The number of carbonyl (C=O) groups is 1. The van der Waals surface area contributed by atoms with Crippen molar-refractivity contribution in [2.24, 2.45) is 0 Å². The maximum absolute atomic E-state index is 10.8. The summed E-state index contributed by atoms with van der Waals surface area (Å²) in [5, 5.41) is 18.6. The largest absolute Gasteiger partial charge is 0.495 e. The zero-order valence-electron chi connectivity index (χ0n) is 9.44. The highest BCUT2D eigenvalue weighted by atomic mass is 35.5. The van der Waals surface area contributed by atoms with Gasteiger partial charge in [-0.2, -0.15) is 0 Å². The van der Waals surface area contributed by atoms with Crippen LogP contribution in [-0.4, -0.2) is 30.4 Å². The molecular weight excluding hydrogens is 248 g/mol. The first kappa shape index (κ1) is 13.8. The van der Waals surface area contributed by atoms with Gasteiger partial charge in [0.2, 0.25) is 0 Å². The van der Waals surface area contributed by atoms with Gasteiger partial charge in [0.15, 0.2) is 6.10 Å². The zero-order chi connectivity index (χ0) is 13.0. The van der Waals surface area contributed by atoms with Crippen LogP contribution < -0.4 is 4.74 Å². The number of aliphatic hydroxyl groups is 1. The monoisotopic (exact) mass is 260 g/mol. The van der Waals surface area contributed by atoms with Crippen LogP contribution in [0.15, 0.2) is 12.1 Å². The molecule has 6 heteroatoms. The molecule has 0 aliphatic carbocycles. The average Bonchev–Trinajstić information content (AvgIpc) is 2.30. The fourth-order valence-electron chi connectivity index (χ4n) is 1.44. The molecule has 1 aromatic rings. The van der Waals surface area contributed by atoms with E-state index in [0.717, 1.165) is 0 Å². The van der Waals surface area contributed by atoms with Crippen LogP contribution in [0.2, 0.25) is 5.02 Å². The summed E-state index contributed by atoms with van der Waals surface area (Å²) in [5.74, 6) is -0.941. The normalized spacial score (nSPS) is 12.2. The molecule has 0 bridgehead atoms. The number of aliphatic carboxylic acids is 1. The van der Waals surface area contributed by atoms with Crippen LogP contribution in [0.25, 0.3) is 0 Å². The Hall–Kier alpha value is -1.30. The van der Waals surface area contributed by atoms with Crippen LogP contribution >= 0.6 is 11.6 Å². The predicted octanol–water partition coefficient (Wildman–Crippen LogP) is 1.61. The summed E-state index contributed by atoms with van der Waals surface area (Å²) in [6, 6.07) is 2.92. The van der Waals surface area contributed by atoms with E-state index in [2.05, 4.69) is 0 Å². The summed E-state index contributed by atoms with van der Waals surface area (Å²) >= 11 is 5.88. The minimum atomic E-state index is -1.64. The lowest BCUT2D eigenvalue weighted by Crippen LogP contribution is -2.13. The molecule has 2 N–H and O–H groups in total. The van der Waals surface area contributed by atoms with Gasteiger partial charge in [0.1, 0.15) is 5.75 Å². The first-order valence-corrected chi connectivity index (χ1v) is 5.15. The Balaban J connectivity index is 3.26. The van der Waals surface area contributed by atoms with Gasteiger partial charge < -0.3 is 19.7 Å². The third kappa shape index (κ3) is 3.09. The second-order valence-corrected chi connectivity index (χ2v) is 3.77. The molecule has 0 heterocycles. The van der Waals surface area contributed by atoms with Gasteiger partial charge in [-0.25, -0.2) is 4.79 Å². The molecule has 1 aromatic carbocycles. The number of hydrogen-bond donors (Lipinski definition) is 2. The highest BCUT2D eigenvalue weighted by Crippen LogP contribution is 2.31. The van der Waals surface area contributed by atoms with Crippen LogP contribution in [0, 0.1) is 0 Å². The maximum atomic E-state index is 10.8. The van der Waals surface area contributed by atoms with Crippen molar-refractivity contribution in [3.63, 3.8) is 0 Å². The highest BCUT2D eigenvalue weighted by molar-refractivity contribution is 6.32. The molecule has 1 rings (SSSR count). The first-order chi connectivity index (χ1) is 8.01. The maximum Gasteiger partial charge on any atom is 0.337 e. The molecule has 1 unspecified atom stereocenters. The van der Waals surface area contributed by atoms with Crippen molar-refractivity contribution >= 4 is 17.6 Å². The number of carboxylic acid groups (broad SMARTS) is 1. The SMILES string of the molecule is COCc1cc(OC)c(Cl)cc1C(O)C(=O)O. The minimum absolute atomic E-state index is 0.160. The Labute approximate surface area is 104 Å². The van der Waals surface area contributed by atoms with E-state index >= 15 is 0 Å². The number of rotatable bonds is 5. The highest BCUT2D eigenvalue weighted by Gasteiger charge is 2.21. The van der Waals surface area contributed by atoms with Crippen molar-refractivity contribution in [1.82, 2.24) is 0 Å². The molecule has 1 atom stereocenters. The Morgan fingerprint density at radius 3 is 2.59 bits per heavy atom. The summed E-state index contributed by atoms with van der Waals surface area (Å²) < 4.78 is 9.95. The van der Waals surface area contributed by atoms with Crippen molar-refractivity contribution in [1.29, 1.82) is 0 Å². The second-order valence-electron chi connectivity index (χ2n) is 3.36. The van der Waals surface area contributed by atoms with Gasteiger partial charge in [0, 0.05) is 7.11 Å². The van der Waals surface area contributed by atoms with Crippen molar-refractivity contribution in [3.05, 3.63) is 28.3 Å². The number of aliphatic hydroxyl groups excluding tert-OH is 1. The van der Waals surface area contributed by atoms with Gasteiger partial charge in [-0.05, 0) is 23.3 Å². The van der Waals surface area contributed by atoms with Crippen LogP contribution in [0.4, 0.5) is 0 Å². The first-order valence-electron chi connectivity index (χ1n) is 4.77. The lowest BCUT2D eigenvalue weighted by molar-refractivity contribution is -0.147.